The number of hydrogen-bond acceptors (Lipinski definition) is 5. The molecular formula is C18H23N3O3S. The van der Waals surface area contributed by atoms with Gasteiger partial charge in [0.15, 0.2) is 0 Å². The van der Waals surface area contributed by atoms with Gasteiger partial charge in [0.25, 0.3) is 5.91 Å². The molecule has 1 aromatic carbocycles. The second-order valence-corrected chi connectivity index (χ2v) is 7.47. The number of likely N-dealkylation sites (N-methyl/N-ethyl adjacent to an activating group) is 1. The van der Waals surface area contributed by atoms with Crippen molar-refractivity contribution in [1.82, 2.24) is 15.2 Å². The molecule has 0 radical (unpaired) electrons. The summed E-state index contributed by atoms with van der Waals surface area (Å²) >= 11 is 1.52. The summed E-state index contributed by atoms with van der Waals surface area (Å²) in [6.45, 7) is 6.10. The molecule has 0 aliphatic rings. The zero-order valence-corrected chi connectivity index (χ0v) is 15.7. The minimum absolute atomic E-state index is 0.0121. The summed E-state index contributed by atoms with van der Waals surface area (Å²) in [6, 6.07) is 6.86. The quantitative estimate of drug-likeness (QED) is 0.859. The standard InChI is InChI=1S/C18H23N3O3S/c1-18(2,3)20-16(22)9-21(4)17(23)13-5-7-15(8-6-13)24-10-14-11-25-12-19-14/h5-8,11-12H,9-10H2,1-4H3,(H,20,22). The number of amides is 2. The molecule has 0 saturated heterocycles. The SMILES string of the molecule is CN(CC(=O)NC(C)(C)C)C(=O)c1ccc(OCc2cscn2)cc1. The van der Waals surface area contributed by atoms with E-state index in [4.69, 9.17) is 4.74 Å². The largest absolute Gasteiger partial charge is 0.487 e. The van der Waals surface area contributed by atoms with Gasteiger partial charge in [-0.15, -0.1) is 11.3 Å². The van der Waals surface area contributed by atoms with Crippen LogP contribution in [0.25, 0.3) is 0 Å². The van der Waals surface area contributed by atoms with Crippen LogP contribution in [0.4, 0.5) is 0 Å². The number of nitrogens with one attached hydrogen (secondary N) is 1. The Balaban J connectivity index is 1.89. The molecule has 2 amide bonds. The summed E-state index contributed by atoms with van der Waals surface area (Å²) < 4.78 is 5.62. The van der Waals surface area contributed by atoms with E-state index in [-0.39, 0.29) is 23.9 Å². The third kappa shape index (κ3) is 6.19. The summed E-state index contributed by atoms with van der Waals surface area (Å²) in [6.07, 6.45) is 0. The van der Waals surface area contributed by atoms with E-state index >= 15 is 0 Å². The van der Waals surface area contributed by atoms with E-state index in [1.54, 1.807) is 36.8 Å². The first kappa shape index (κ1) is 18.9. The molecule has 0 aliphatic carbocycles. The summed E-state index contributed by atoms with van der Waals surface area (Å²) in [5.74, 6) is 0.263. The van der Waals surface area contributed by atoms with E-state index in [2.05, 4.69) is 10.3 Å². The lowest BCUT2D eigenvalue weighted by atomic mass is 10.1. The van der Waals surface area contributed by atoms with Crippen LogP contribution in [-0.2, 0) is 11.4 Å². The number of nitrogens with zero attached hydrogens (tertiary/aromatic N) is 2. The third-order valence-electron chi connectivity index (χ3n) is 3.21. The summed E-state index contributed by atoms with van der Waals surface area (Å²) in [4.78, 5) is 29.9. The van der Waals surface area contributed by atoms with Crippen LogP contribution < -0.4 is 10.1 Å². The van der Waals surface area contributed by atoms with Gasteiger partial charge < -0.3 is 15.0 Å². The van der Waals surface area contributed by atoms with E-state index in [1.807, 2.05) is 26.2 Å². The highest BCUT2D eigenvalue weighted by atomic mass is 32.1. The number of aromatic nitrogens is 1. The average Bonchev–Trinajstić information content (AvgIpc) is 3.04. The number of benzene rings is 1. The Kier molecular flexibility index (Phi) is 6.14. The van der Waals surface area contributed by atoms with E-state index < -0.39 is 0 Å². The Bertz CT molecular complexity index is 706. The van der Waals surface area contributed by atoms with Gasteiger partial charge in [-0.1, -0.05) is 0 Å². The Hall–Kier alpha value is -2.41. The van der Waals surface area contributed by atoms with Crippen molar-refractivity contribution < 1.29 is 14.3 Å². The Labute approximate surface area is 151 Å². The van der Waals surface area contributed by atoms with Crippen molar-refractivity contribution in [2.45, 2.75) is 32.9 Å². The van der Waals surface area contributed by atoms with Gasteiger partial charge in [-0.3, -0.25) is 9.59 Å². The van der Waals surface area contributed by atoms with Crippen molar-refractivity contribution in [2.75, 3.05) is 13.6 Å². The fourth-order valence-corrected chi connectivity index (χ4v) is 2.67. The molecule has 25 heavy (non-hydrogen) atoms. The second-order valence-electron chi connectivity index (χ2n) is 6.75. The van der Waals surface area contributed by atoms with Crippen LogP contribution in [0.3, 0.4) is 0 Å². The van der Waals surface area contributed by atoms with Crippen molar-refractivity contribution in [3.05, 3.63) is 46.4 Å². The Morgan fingerprint density at radius 1 is 1.24 bits per heavy atom. The lowest BCUT2D eigenvalue weighted by Gasteiger charge is -2.23. The molecule has 134 valence electrons. The van der Waals surface area contributed by atoms with Gasteiger partial charge in [-0.25, -0.2) is 4.98 Å². The highest BCUT2D eigenvalue weighted by Crippen LogP contribution is 2.15. The third-order valence-corrected chi connectivity index (χ3v) is 3.85. The Morgan fingerprint density at radius 2 is 1.92 bits per heavy atom. The van der Waals surface area contributed by atoms with Crippen LogP contribution in [0.5, 0.6) is 5.75 Å². The molecule has 0 fully saturated rings. The molecule has 0 bridgehead atoms. The minimum atomic E-state index is -0.322. The second kappa shape index (κ2) is 8.11. The molecular weight excluding hydrogens is 338 g/mol. The van der Waals surface area contributed by atoms with Crippen LogP contribution in [0.15, 0.2) is 35.2 Å². The first-order valence-electron chi connectivity index (χ1n) is 7.91. The van der Waals surface area contributed by atoms with E-state index in [1.165, 1.54) is 16.2 Å². The highest BCUT2D eigenvalue weighted by Gasteiger charge is 2.18. The number of carbonyl (C=O) groups excluding carboxylic acids is 2. The molecule has 2 aromatic rings. The van der Waals surface area contributed by atoms with Crippen molar-refractivity contribution in [2.24, 2.45) is 0 Å². The van der Waals surface area contributed by atoms with Crippen LogP contribution >= 0.6 is 11.3 Å². The van der Waals surface area contributed by atoms with Crippen molar-refractivity contribution in [3.8, 4) is 5.75 Å². The molecule has 1 heterocycles. The molecule has 1 N–H and O–H groups in total. The molecule has 0 saturated carbocycles. The molecule has 1 aromatic heterocycles. The van der Waals surface area contributed by atoms with E-state index in [0.717, 1.165) is 5.69 Å². The Morgan fingerprint density at radius 3 is 2.48 bits per heavy atom. The van der Waals surface area contributed by atoms with E-state index in [0.29, 0.717) is 17.9 Å². The predicted molar refractivity (Wildman–Crippen MR) is 97.7 cm³/mol. The van der Waals surface area contributed by atoms with Gasteiger partial charge >= 0.3 is 0 Å². The van der Waals surface area contributed by atoms with Gasteiger partial charge in [0, 0.05) is 23.5 Å². The van der Waals surface area contributed by atoms with Crippen molar-refractivity contribution in [3.63, 3.8) is 0 Å². The highest BCUT2D eigenvalue weighted by molar-refractivity contribution is 7.07. The number of thiazole rings is 1. The van der Waals surface area contributed by atoms with Crippen LogP contribution in [0.2, 0.25) is 0 Å². The first-order valence-corrected chi connectivity index (χ1v) is 8.85. The lowest BCUT2D eigenvalue weighted by Crippen LogP contribution is -2.46. The van der Waals surface area contributed by atoms with Gasteiger partial charge in [0.2, 0.25) is 5.91 Å². The molecule has 0 spiro atoms. The van der Waals surface area contributed by atoms with E-state index in [9.17, 15) is 9.59 Å². The zero-order valence-electron chi connectivity index (χ0n) is 14.9. The topological polar surface area (TPSA) is 71.5 Å². The average molecular weight is 361 g/mol. The summed E-state index contributed by atoms with van der Waals surface area (Å²) in [7, 11) is 1.61. The maximum Gasteiger partial charge on any atom is 0.254 e. The maximum absolute atomic E-state index is 12.4. The van der Waals surface area contributed by atoms with Gasteiger partial charge in [-0.2, -0.15) is 0 Å². The molecule has 0 atom stereocenters. The van der Waals surface area contributed by atoms with Crippen LogP contribution in [0.1, 0.15) is 36.8 Å². The number of hydrogen-bond donors (Lipinski definition) is 1. The first-order chi connectivity index (χ1) is 11.7. The maximum atomic E-state index is 12.4. The van der Waals surface area contributed by atoms with Crippen molar-refractivity contribution in [1.29, 1.82) is 0 Å². The monoisotopic (exact) mass is 361 g/mol. The van der Waals surface area contributed by atoms with Crippen molar-refractivity contribution >= 4 is 23.2 Å². The molecule has 6 nitrogen and oxygen atoms in total. The fraction of sp³-hybridized carbons (Fsp3) is 0.389. The fourth-order valence-electron chi connectivity index (χ4n) is 2.13. The van der Waals surface area contributed by atoms with Crippen LogP contribution in [-0.4, -0.2) is 40.8 Å². The van der Waals surface area contributed by atoms with Crippen LogP contribution in [0, 0.1) is 0 Å². The number of carbonyl (C=O) groups is 2. The summed E-state index contributed by atoms with van der Waals surface area (Å²) in [5, 5.41) is 4.76. The summed E-state index contributed by atoms with van der Waals surface area (Å²) in [5.41, 5.74) is 2.81. The van der Waals surface area contributed by atoms with Gasteiger partial charge in [0.05, 0.1) is 17.7 Å². The molecule has 7 heteroatoms. The minimum Gasteiger partial charge on any atom is -0.487 e. The molecule has 0 unspecified atom stereocenters. The normalized spacial score (nSPS) is 11.0. The number of ether oxygens (including phenoxy) is 1. The van der Waals surface area contributed by atoms with Gasteiger partial charge in [-0.05, 0) is 45.0 Å². The predicted octanol–water partition coefficient (Wildman–Crippen LogP) is 2.71. The zero-order chi connectivity index (χ0) is 18.4. The molecule has 2 rings (SSSR count). The smallest absolute Gasteiger partial charge is 0.254 e. The van der Waals surface area contributed by atoms with Gasteiger partial charge in [0.1, 0.15) is 12.4 Å². The molecule has 0 aliphatic heterocycles. The lowest BCUT2D eigenvalue weighted by molar-refractivity contribution is -0.122. The number of rotatable bonds is 6.